The van der Waals surface area contributed by atoms with Crippen molar-refractivity contribution in [3.63, 3.8) is 0 Å². The SMILES string of the molecule is O=C(NCc1ccccc1OC1CCCC1)C1CCN(C(=O)N2CCCC2)CC1. The third-order valence-electron chi connectivity index (χ3n) is 6.53. The molecule has 2 heterocycles. The van der Waals surface area contributed by atoms with Crippen LogP contribution in [-0.2, 0) is 11.3 Å². The van der Waals surface area contributed by atoms with Crippen molar-refractivity contribution >= 4 is 11.9 Å². The first-order valence-electron chi connectivity index (χ1n) is 11.3. The van der Waals surface area contributed by atoms with E-state index in [0.29, 0.717) is 25.7 Å². The number of amides is 3. The lowest BCUT2D eigenvalue weighted by Crippen LogP contribution is -2.47. The molecule has 1 aromatic carbocycles. The number of para-hydroxylation sites is 1. The molecular formula is C23H33N3O3. The molecule has 0 unspecified atom stereocenters. The summed E-state index contributed by atoms with van der Waals surface area (Å²) in [6.07, 6.45) is 8.73. The molecule has 1 N–H and O–H groups in total. The van der Waals surface area contributed by atoms with Crippen molar-refractivity contribution < 1.29 is 14.3 Å². The number of carbonyl (C=O) groups excluding carboxylic acids is 2. The molecule has 0 spiro atoms. The predicted octanol–water partition coefficient (Wildman–Crippen LogP) is 3.55. The van der Waals surface area contributed by atoms with Crippen LogP contribution in [0.2, 0.25) is 0 Å². The van der Waals surface area contributed by atoms with Crippen molar-refractivity contribution in [2.45, 2.75) is 64.0 Å². The molecule has 0 bridgehead atoms. The van der Waals surface area contributed by atoms with Gasteiger partial charge in [0.25, 0.3) is 0 Å². The van der Waals surface area contributed by atoms with Crippen molar-refractivity contribution in [2.24, 2.45) is 5.92 Å². The molecule has 2 aliphatic heterocycles. The minimum absolute atomic E-state index is 0.0134. The van der Waals surface area contributed by atoms with Gasteiger partial charge in [0.15, 0.2) is 0 Å². The summed E-state index contributed by atoms with van der Waals surface area (Å²) in [4.78, 5) is 29.1. The summed E-state index contributed by atoms with van der Waals surface area (Å²) >= 11 is 0. The van der Waals surface area contributed by atoms with Crippen molar-refractivity contribution in [3.05, 3.63) is 29.8 Å². The van der Waals surface area contributed by atoms with E-state index in [9.17, 15) is 9.59 Å². The number of rotatable bonds is 5. The van der Waals surface area contributed by atoms with Crippen LogP contribution in [-0.4, -0.2) is 54.0 Å². The van der Waals surface area contributed by atoms with Gasteiger partial charge in [-0.1, -0.05) is 18.2 Å². The van der Waals surface area contributed by atoms with Gasteiger partial charge in [-0.05, 0) is 57.4 Å². The number of urea groups is 1. The van der Waals surface area contributed by atoms with Gasteiger partial charge in [-0.2, -0.15) is 0 Å². The quantitative estimate of drug-likeness (QED) is 0.824. The molecule has 2 saturated heterocycles. The Morgan fingerprint density at radius 2 is 1.55 bits per heavy atom. The standard InChI is InChI=1S/C23H33N3O3/c27-22(18-11-15-26(16-12-18)23(28)25-13-5-6-14-25)24-17-19-7-1-4-10-21(19)29-20-8-2-3-9-20/h1,4,7,10,18,20H,2-3,5-6,8-9,11-17H2,(H,24,27). The fourth-order valence-corrected chi connectivity index (χ4v) is 4.72. The second-order valence-electron chi connectivity index (χ2n) is 8.59. The van der Waals surface area contributed by atoms with Crippen LogP contribution in [0.25, 0.3) is 0 Å². The first kappa shape index (κ1) is 20.0. The minimum atomic E-state index is -0.0134. The normalized spacial score (nSPS) is 20.8. The molecule has 0 atom stereocenters. The molecule has 6 nitrogen and oxygen atoms in total. The van der Waals surface area contributed by atoms with Crippen LogP contribution in [0, 0.1) is 5.92 Å². The highest BCUT2D eigenvalue weighted by Gasteiger charge is 2.30. The highest BCUT2D eigenvalue weighted by atomic mass is 16.5. The number of carbonyl (C=O) groups is 2. The van der Waals surface area contributed by atoms with E-state index in [-0.39, 0.29) is 17.9 Å². The van der Waals surface area contributed by atoms with Gasteiger partial charge in [0.05, 0.1) is 6.10 Å². The Balaban J connectivity index is 1.25. The Kier molecular flexibility index (Phi) is 6.57. The number of piperidine rings is 1. The number of ether oxygens (including phenoxy) is 1. The van der Waals surface area contributed by atoms with E-state index >= 15 is 0 Å². The Bertz CT molecular complexity index is 703. The fraction of sp³-hybridized carbons (Fsp3) is 0.652. The molecule has 158 valence electrons. The van der Waals surface area contributed by atoms with Crippen molar-refractivity contribution in [3.8, 4) is 5.75 Å². The highest BCUT2D eigenvalue weighted by molar-refractivity contribution is 5.79. The van der Waals surface area contributed by atoms with Crippen LogP contribution < -0.4 is 10.1 Å². The summed E-state index contributed by atoms with van der Waals surface area (Å²) in [5.41, 5.74) is 1.04. The number of nitrogens with one attached hydrogen (secondary N) is 1. The maximum Gasteiger partial charge on any atom is 0.319 e. The Morgan fingerprint density at radius 3 is 2.28 bits per heavy atom. The predicted molar refractivity (Wildman–Crippen MR) is 112 cm³/mol. The zero-order valence-corrected chi connectivity index (χ0v) is 17.3. The lowest BCUT2D eigenvalue weighted by atomic mass is 9.96. The van der Waals surface area contributed by atoms with E-state index in [1.54, 1.807) is 0 Å². The Morgan fingerprint density at radius 1 is 0.897 bits per heavy atom. The van der Waals surface area contributed by atoms with Crippen LogP contribution in [0.15, 0.2) is 24.3 Å². The first-order valence-corrected chi connectivity index (χ1v) is 11.3. The van der Waals surface area contributed by atoms with E-state index in [1.807, 2.05) is 34.1 Å². The Labute approximate surface area is 173 Å². The lowest BCUT2D eigenvalue weighted by Gasteiger charge is -2.34. The molecule has 3 aliphatic rings. The highest BCUT2D eigenvalue weighted by Crippen LogP contribution is 2.27. The summed E-state index contributed by atoms with van der Waals surface area (Å²) < 4.78 is 6.17. The van der Waals surface area contributed by atoms with Gasteiger partial charge in [0.1, 0.15) is 5.75 Å². The number of nitrogens with zero attached hydrogens (tertiary/aromatic N) is 2. The largest absolute Gasteiger partial charge is 0.490 e. The van der Waals surface area contributed by atoms with E-state index < -0.39 is 0 Å². The van der Waals surface area contributed by atoms with Gasteiger partial charge in [0.2, 0.25) is 5.91 Å². The molecule has 3 amide bonds. The van der Waals surface area contributed by atoms with Gasteiger partial charge in [0, 0.05) is 44.2 Å². The lowest BCUT2D eigenvalue weighted by molar-refractivity contribution is -0.126. The Hall–Kier alpha value is -2.24. The maximum atomic E-state index is 12.7. The number of hydrogen-bond donors (Lipinski definition) is 1. The zero-order valence-electron chi connectivity index (χ0n) is 17.3. The van der Waals surface area contributed by atoms with Crippen molar-refractivity contribution in [1.29, 1.82) is 0 Å². The van der Waals surface area contributed by atoms with E-state index in [2.05, 4.69) is 5.32 Å². The fourth-order valence-electron chi connectivity index (χ4n) is 4.72. The molecule has 1 aliphatic carbocycles. The molecule has 1 saturated carbocycles. The van der Waals surface area contributed by atoms with E-state index in [1.165, 1.54) is 12.8 Å². The van der Waals surface area contributed by atoms with Crippen molar-refractivity contribution in [1.82, 2.24) is 15.1 Å². The molecule has 3 fully saturated rings. The summed E-state index contributed by atoms with van der Waals surface area (Å²) in [6, 6.07) is 8.16. The third kappa shape index (κ3) is 5.03. The van der Waals surface area contributed by atoms with Crippen LogP contribution in [0.5, 0.6) is 5.75 Å². The van der Waals surface area contributed by atoms with Crippen LogP contribution >= 0.6 is 0 Å². The molecule has 0 aromatic heterocycles. The van der Waals surface area contributed by atoms with Crippen molar-refractivity contribution in [2.75, 3.05) is 26.2 Å². The van der Waals surface area contributed by atoms with Gasteiger partial charge in [-0.15, -0.1) is 0 Å². The van der Waals surface area contributed by atoms with E-state index in [4.69, 9.17) is 4.74 Å². The summed E-state index contributed by atoms with van der Waals surface area (Å²) in [5, 5.41) is 3.10. The zero-order chi connectivity index (χ0) is 20.1. The average molecular weight is 400 g/mol. The topological polar surface area (TPSA) is 61.9 Å². The van der Waals surface area contributed by atoms with Crippen LogP contribution in [0.1, 0.15) is 56.9 Å². The second-order valence-corrected chi connectivity index (χ2v) is 8.59. The summed E-state index contributed by atoms with van der Waals surface area (Å²) in [5.74, 6) is 0.972. The van der Waals surface area contributed by atoms with E-state index in [0.717, 1.165) is 62.9 Å². The van der Waals surface area contributed by atoms with Crippen LogP contribution in [0.4, 0.5) is 4.79 Å². The van der Waals surface area contributed by atoms with Gasteiger partial charge in [-0.25, -0.2) is 4.79 Å². The average Bonchev–Trinajstić information content (AvgIpc) is 3.47. The number of benzene rings is 1. The molecule has 4 rings (SSSR count). The van der Waals surface area contributed by atoms with Crippen LogP contribution in [0.3, 0.4) is 0 Å². The minimum Gasteiger partial charge on any atom is -0.490 e. The number of hydrogen-bond acceptors (Lipinski definition) is 3. The third-order valence-corrected chi connectivity index (χ3v) is 6.53. The maximum absolute atomic E-state index is 12.7. The van der Waals surface area contributed by atoms with Gasteiger partial charge in [-0.3, -0.25) is 4.79 Å². The molecular weight excluding hydrogens is 366 g/mol. The van der Waals surface area contributed by atoms with Gasteiger partial charge < -0.3 is 19.9 Å². The first-order chi connectivity index (χ1) is 14.2. The summed E-state index contributed by atoms with van der Waals surface area (Å²) in [6.45, 7) is 3.60. The smallest absolute Gasteiger partial charge is 0.319 e. The molecule has 1 aromatic rings. The molecule has 0 radical (unpaired) electrons. The summed E-state index contributed by atoms with van der Waals surface area (Å²) in [7, 11) is 0. The second kappa shape index (κ2) is 9.51. The van der Waals surface area contributed by atoms with Gasteiger partial charge >= 0.3 is 6.03 Å². The molecule has 29 heavy (non-hydrogen) atoms. The molecule has 6 heteroatoms. The monoisotopic (exact) mass is 399 g/mol. The number of likely N-dealkylation sites (tertiary alicyclic amines) is 2.